The summed E-state index contributed by atoms with van der Waals surface area (Å²) in [6.45, 7) is 3.31. The first-order valence-corrected chi connectivity index (χ1v) is 6.69. The molecule has 3 rings (SSSR count). The molecule has 100 valence electrons. The van der Waals surface area contributed by atoms with Gasteiger partial charge in [-0.25, -0.2) is 14.1 Å². The molecule has 0 aliphatic heterocycles. The fourth-order valence-electron chi connectivity index (χ4n) is 2.08. The van der Waals surface area contributed by atoms with Gasteiger partial charge in [0.25, 0.3) is 0 Å². The fraction of sp³-hybridized carbons (Fsp3) is 0.429. The highest BCUT2D eigenvalue weighted by Gasteiger charge is 2.26. The van der Waals surface area contributed by atoms with Crippen LogP contribution in [0.5, 0.6) is 0 Å². The van der Waals surface area contributed by atoms with Gasteiger partial charge in [-0.15, -0.1) is 0 Å². The van der Waals surface area contributed by atoms with Gasteiger partial charge in [-0.3, -0.25) is 0 Å². The highest BCUT2D eigenvalue weighted by atomic mass is 19.1. The van der Waals surface area contributed by atoms with Crippen molar-refractivity contribution in [2.75, 3.05) is 6.54 Å². The molecule has 1 aliphatic rings. The third-order valence-corrected chi connectivity index (χ3v) is 3.34. The van der Waals surface area contributed by atoms with E-state index in [1.807, 2.05) is 13.0 Å². The average Bonchev–Trinajstić information content (AvgIpc) is 3.16. The van der Waals surface area contributed by atoms with Crippen LogP contribution in [0.4, 0.5) is 4.39 Å². The summed E-state index contributed by atoms with van der Waals surface area (Å²) < 4.78 is 15.9. The van der Waals surface area contributed by atoms with Crippen molar-refractivity contribution in [3.63, 3.8) is 0 Å². The Labute approximate surface area is 111 Å². The van der Waals surface area contributed by atoms with Crippen molar-refractivity contribution in [3.05, 3.63) is 41.6 Å². The Morgan fingerprint density at radius 3 is 3.00 bits per heavy atom. The first-order chi connectivity index (χ1) is 9.29. The van der Waals surface area contributed by atoms with Crippen LogP contribution in [0.2, 0.25) is 0 Å². The number of halogens is 1. The third-order valence-electron chi connectivity index (χ3n) is 3.34. The van der Waals surface area contributed by atoms with Crippen LogP contribution in [0.15, 0.2) is 24.5 Å². The maximum atomic E-state index is 14.3. The minimum Gasteiger partial charge on any atom is -0.313 e. The van der Waals surface area contributed by atoms with Crippen LogP contribution >= 0.6 is 0 Å². The lowest BCUT2D eigenvalue weighted by atomic mass is 10.2. The molecule has 0 saturated heterocycles. The smallest absolute Gasteiger partial charge is 0.190 e. The minimum absolute atomic E-state index is 0.280. The van der Waals surface area contributed by atoms with Gasteiger partial charge in [0.05, 0.1) is 5.69 Å². The Morgan fingerprint density at radius 2 is 2.26 bits per heavy atom. The van der Waals surface area contributed by atoms with Crippen molar-refractivity contribution in [2.24, 2.45) is 0 Å². The van der Waals surface area contributed by atoms with Gasteiger partial charge in [0.1, 0.15) is 0 Å². The van der Waals surface area contributed by atoms with E-state index in [2.05, 4.69) is 15.4 Å². The molecule has 19 heavy (non-hydrogen) atoms. The molecule has 1 fully saturated rings. The third kappa shape index (κ3) is 2.51. The van der Waals surface area contributed by atoms with Gasteiger partial charge in [-0.05, 0) is 31.5 Å². The predicted octanol–water partition coefficient (Wildman–Crippen LogP) is 2.39. The van der Waals surface area contributed by atoms with Crippen molar-refractivity contribution in [3.8, 4) is 5.82 Å². The van der Waals surface area contributed by atoms with E-state index in [-0.39, 0.29) is 11.6 Å². The van der Waals surface area contributed by atoms with Crippen LogP contribution in [0.1, 0.15) is 36.9 Å². The molecule has 5 heteroatoms. The molecule has 0 atom stereocenters. The fourth-order valence-corrected chi connectivity index (χ4v) is 2.08. The topological polar surface area (TPSA) is 42.7 Å². The zero-order valence-corrected chi connectivity index (χ0v) is 10.9. The van der Waals surface area contributed by atoms with Gasteiger partial charge in [0, 0.05) is 30.4 Å². The lowest BCUT2D eigenvalue weighted by Gasteiger charge is -2.07. The van der Waals surface area contributed by atoms with E-state index < -0.39 is 0 Å². The predicted molar refractivity (Wildman–Crippen MR) is 70.7 cm³/mol. The van der Waals surface area contributed by atoms with E-state index in [0.717, 1.165) is 12.2 Å². The van der Waals surface area contributed by atoms with E-state index in [4.69, 9.17) is 0 Å². The van der Waals surface area contributed by atoms with Gasteiger partial charge in [0.2, 0.25) is 0 Å². The molecular weight excluding hydrogens is 243 g/mol. The van der Waals surface area contributed by atoms with Crippen LogP contribution in [-0.4, -0.2) is 21.3 Å². The van der Waals surface area contributed by atoms with Crippen LogP contribution in [0.25, 0.3) is 5.82 Å². The van der Waals surface area contributed by atoms with Gasteiger partial charge in [-0.1, -0.05) is 6.92 Å². The Bertz CT molecular complexity index is 575. The number of aromatic nitrogens is 3. The van der Waals surface area contributed by atoms with Crippen molar-refractivity contribution in [2.45, 2.75) is 32.2 Å². The summed E-state index contributed by atoms with van der Waals surface area (Å²) in [7, 11) is 0. The summed E-state index contributed by atoms with van der Waals surface area (Å²) in [5.74, 6) is 0.547. The van der Waals surface area contributed by atoms with Crippen molar-refractivity contribution < 1.29 is 4.39 Å². The Hall–Kier alpha value is -1.75. The summed E-state index contributed by atoms with van der Waals surface area (Å²) >= 11 is 0. The van der Waals surface area contributed by atoms with E-state index in [1.54, 1.807) is 23.1 Å². The van der Waals surface area contributed by atoms with Gasteiger partial charge < -0.3 is 5.32 Å². The molecule has 2 aromatic heterocycles. The first kappa shape index (κ1) is 12.3. The Morgan fingerprint density at radius 1 is 1.42 bits per heavy atom. The summed E-state index contributed by atoms with van der Waals surface area (Å²) in [6.07, 6.45) is 5.79. The van der Waals surface area contributed by atoms with E-state index in [0.29, 0.717) is 18.0 Å². The zero-order valence-electron chi connectivity index (χ0n) is 10.9. The lowest BCUT2D eigenvalue weighted by molar-refractivity contribution is 0.570. The quantitative estimate of drug-likeness (QED) is 0.897. The summed E-state index contributed by atoms with van der Waals surface area (Å²) in [5.41, 5.74) is 1.66. The van der Waals surface area contributed by atoms with Crippen LogP contribution < -0.4 is 5.32 Å². The molecule has 1 N–H and O–H groups in total. The number of pyridine rings is 1. The largest absolute Gasteiger partial charge is 0.313 e. The molecule has 1 aliphatic carbocycles. The molecule has 0 aromatic carbocycles. The second kappa shape index (κ2) is 5.09. The van der Waals surface area contributed by atoms with Crippen molar-refractivity contribution >= 4 is 0 Å². The highest BCUT2D eigenvalue weighted by Crippen LogP contribution is 2.39. The molecule has 0 unspecified atom stereocenters. The molecular formula is C14H17FN4. The van der Waals surface area contributed by atoms with E-state index in [1.165, 1.54) is 12.8 Å². The zero-order chi connectivity index (χ0) is 13.2. The van der Waals surface area contributed by atoms with Gasteiger partial charge >= 0.3 is 0 Å². The van der Waals surface area contributed by atoms with Gasteiger partial charge in [0.15, 0.2) is 11.6 Å². The first-order valence-electron chi connectivity index (χ1n) is 6.69. The molecule has 0 amide bonds. The number of nitrogens with one attached hydrogen (secondary N) is 1. The highest BCUT2D eigenvalue weighted by molar-refractivity contribution is 5.30. The second-order valence-electron chi connectivity index (χ2n) is 4.85. The summed E-state index contributed by atoms with van der Waals surface area (Å²) in [4.78, 5) is 4.11. The summed E-state index contributed by atoms with van der Waals surface area (Å²) in [5, 5.41) is 7.54. The maximum Gasteiger partial charge on any atom is 0.190 e. The van der Waals surface area contributed by atoms with Crippen molar-refractivity contribution in [1.82, 2.24) is 20.1 Å². The molecule has 0 bridgehead atoms. The molecule has 2 heterocycles. The lowest BCUT2D eigenvalue weighted by Crippen LogP contribution is -2.14. The Kier molecular flexibility index (Phi) is 3.29. The van der Waals surface area contributed by atoms with Crippen LogP contribution in [0.3, 0.4) is 0 Å². The maximum absolute atomic E-state index is 14.3. The van der Waals surface area contributed by atoms with E-state index in [9.17, 15) is 4.39 Å². The standard InChI is InChI=1S/C14H17FN4/c1-2-16-9-11-5-7-17-14(13(11)15)19-8-6-12(18-19)10-3-4-10/h5-8,10,16H,2-4,9H2,1H3. The second-order valence-corrected chi connectivity index (χ2v) is 4.85. The molecule has 4 nitrogen and oxygen atoms in total. The van der Waals surface area contributed by atoms with Crippen LogP contribution in [-0.2, 0) is 6.54 Å². The van der Waals surface area contributed by atoms with Crippen molar-refractivity contribution in [1.29, 1.82) is 0 Å². The Balaban J connectivity index is 1.89. The average molecular weight is 260 g/mol. The molecule has 1 saturated carbocycles. The normalized spacial score (nSPS) is 14.8. The monoisotopic (exact) mass is 260 g/mol. The number of nitrogens with zero attached hydrogens (tertiary/aromatic N) is 3. The van der Waals surface area contributed by atoms with Crippen LogP contribution in [0, 0.1) is 5.82 Å². The molecule has 0 spiro atoms. The SMILES string of the molecule is CCNCc1ccnc(-n2ccc(C3CC3)n2)c1F. The number of hydrogen-bond acceptors (Lipinski definition) is 3. The van der Waals surface area contributed by atoms with E-state index >= 15 is 0 Å². The summed E-state index contributed by atoms with van der Waals surface area (Å²) in [6, 6.07) is 3.66. The molecule has 0 radical (unpaired) electrons. The molecule has 2 aromatic rings. The number of hydrogen-bond donors (Lipinski definition) is 1. The number of rotatable bonds is 5. The minimum atomic E-state index is -0.297. The van der Waals surface area contributed by atoms with Gasteiger partial charge in [-0.2, -0.15) is 5.10 Å².